The van der Waals surface area contributed by atoms with Gasteiger partial charge in [0.1, 0.15) is 11.5 Å². The van der Waals surface area contributed by atoms with Crippen LogP contribution >= 0.6 is 0 Å². The standard InChI is InChI=1S/C13H18O2/c1-15-12-9-5-8-11(14)13(12)10-6-3-2-4-7-10/h5,8-10,14H,2-4,6-7H2,1H3. The van der Waals surface area contributed by atoms with Crippen molar-refractivity contribution in [1.82, 2.24) is 0 Å². The molecule has 1 aromatic rings. The van der Waals surface area contributed by atoms with Crippen molar-refractivity contribution in [3.63, 3.8) is 0 Å². The summed E-state index contributed by atoms with van der Waals surface area (Å²) in [5.41, 5.74) is 1.01. The van der Waals surface area contributed by atoms with Crippen LogP contribution in [0.25, 0.3) is 0 Å². The van der Waals surface area contributed by atoms with Crippen LogP contribution in [0, 0.1) is 0 Å². The first-order valence-electron chi connectivity index (χ1n) is 5.69. The minimum Gasteiger partial charge on any atom is -0.508 e. The second-order valence-corrected chi connectivity index (χ2v) is 4.23. The molecule has 1 fully saturated rings. The second kappa shape index (κ2) is 4.56. The van der Waals surface area contributed by atoms with E-state index in [1.807, 2.05) is 12.1 Å². The van der Waals surface area contributed by atoms with Gasteiger partial charge < -0.3 is 9.84 Å². The molecule has 82 valence electrons. The van der Waals surface area contributed by atoms with E-state index in [2.05, 4.69) is 0 Å². The first-order chi connectivity index (χ1) is 7.33. The molecule has 0 amide bonds. The van der Waals surface area contributed by atoms with Crippen LogP contribution in [0.15, 0.2) is 18.2 Å². The van der Waals surface area contributed by atoms with E-state index in [9.17, 15) is 5.11 Å². The monoisotopic (exact) mass is 206 g/mol. The van der Waals surface area contributed by atoms with Crippen molar-refractivity contribution < 1.29 is 9.84 Å². The Morgan fingerprint density at radius 2 is 1.93 bits per heavy atom. The molecular weight excluding hydrogens is 188 g/mol. The fourth-order valence-corrected chi connectivity index (χ4v) is 2.51. The maximum Gasteiger partial charge on any atom is 0.126 e. The van der Waals surface area contributed by atoms with Crippen LogP contribution in [0.5, 0.6) is 11.5 Å². The van der Waals surface area contributed by atoms with E-state index in [4.69, 9.17) is 4.74 Å². The van der Waals surface area contributed by atoms with Crippen LogP contribution in [0.4, 0.5) is 0 Å². The molecule has 0 bridgehead atoms. The first kappa shape index (κ1) is 10.3. The first-order valence-corrected chi connectivity index (χ1v) is 5.69. The molecule has 2 nitrogen and oxygen atoms in total. The molecule has 1 aliphatic rings. The highest BCUT2D eigenvalue weighted by atomic mass is 16.5. The summed E-state index contributed by atoms with van der Waals surface area (Å²) >= 11 is 0. The predicted octanol–water partition coefficient (Wildman–Crippen LogP) is 3.45. The smallest absolute Gasteiger partial charge is 0.126 e. The molecule has 15 heavy (non-hydrogen) atoms. The van der Waals surface area contributed by atoms with E-state index in [1.54, 1.807) is 13.2 Å². The molecule has 0 saturated heterocycles. The molecule has 1 aromatic carbocycles. The van der Waals surface area contributed by atoms with Gasteiger partial charge in [0.15, 0.2) is 0 Å². The number of phenolic OH excluding ortho intramolecular Hbond substituents is 1. The summed E-state index contributed by atoms with van der Waals surface area (Å²) < 4.78 is 5.32. The molecule has 0 unspecified atom stereocenters. The van der Waals surface area contributed by atoms with Crippen LogP contribution in [-0.2, 0) is 0 Å². The zero-order valence-corrected chi connectivity index (χ0v) is 9.20. The van der Waals surface area contributed by atoms with Gasteiger partial charge in [-0.1, -0.05) is 25.3 Å². The van der Waals surface area contributed by atoms with Crippen LogP contribution in [-0.4, -0.2) is 12.2 Å². The molecule has 1 saturated carbocycles. The van der Waals surface area contributed by atoms with Gasteiger partial charge in [-0.25, -0.2) is 0 Å². The van der Waals surface area contributed by atoms with Crippen molar-refractivity contribution in [2.24, 2.45) is 0 Å². The molecule has 0 radical (unpaired) electrons. The summed E-state index contributed by atoms with van der Waals surface area (Å²) in [6, 6.07) is 5.52. The number of rotatable bonds is 2. The fraction of sp³-hybridized carbons (Fsp3) is 0.538. The van der Waals surface area contributed by atoms with Crippen molar-refractivity contribution in [2.45, 2.75) is 38.0 Å². The molecule has 0 heterocycles. The Balaban J connectivity index is 2.31. The Hall–Kier alpha value is -1.18. The highest BCUT2D eigenvalue weighted by Gasteiger charge is 2.21. The third kappa shape index (κ3) is 2.09. The molecule has 2 heteroatoms. The van der Waals surface area contributed by atoms with Crippen molar-refractivity contribution in [2.75, 3.05) is 7.11 Å². The summed E-state index contributed by atoms with van der Waals surface area (Å²) in [6.45, 7) is 0. The van der Waals surface area contributed by atoms with Gasteiger partial charge in [-0.3, -0.25) is 0 Å². The van der Waals surface area contributed by atoms with Crippen LogP contribution in [0.2, 0.25) is 0 Å². The van der Waals surface area contributed by atoms with Crippen LogP contribution < -0.4 is 4.74 Å². The van der Waals surface area contributed by atoms with Gasteiger partial charge in [0.05, 0.1) is 7.11 Å². The van der Waals surface area contributed by atoms with Crippen LogP contribution in [0.3, 0.4) is 0 Å². The number of aromatic hydroxyl groups is 1. The minimum absolute atomic E-state index is 0.390. The molecular formula is C13H18O2. The van der Waals surface area contributed by atoms with Crippen molar-refractivity contribution in [1.29, 1.82) is 0 Å². The van der Waals surface area contributed by atoms with Crippen LogP contribution in [0.1, 0.15) is 43.6 Å². The second-order valence-electron chi connectivity index (χ2n) is 4.23. The molecule has 1 N–H and O–H groups in total. The Morgan fingerprint density at radius 3 is 2.60 bits per heavy atom. The van der Waals surface area contributed by atoms with Gasteiger partial charge in [-0.05, 0) is 30.9 Å². The Morgan fingerprint density at radius 1 is 1.20 bits per heavy atom. The lowest BCUT2D eigenvalue weighted by Gasteiger charge is -2.24. The van der Waals surface area contributed by atoms with Gasteiger partial charge in [0, 0.05) is 5.56 Å². The normalized spacial score (nSPS) is 17.7. The third-order valence-electron chi connectivity index (χ3n) is 3.28. The summed E-state index contributed by atoms with van der Waals surface area (Å²) in [5.74, 6) is 1.71. The van der Waals surface area contributed by atoms with Gasteiger partial charge in [-0.2, -0.15) is 0 Å². The van der Waals surface area contributed by atoms with E-state index < -0.39 is 0 Å². The summed E-state index contributed by atoms with van der Waals surface area (Å²) in [5, 5.41) is 9.89. The van der Waals surface area contributed by atoms with Gasteiger partial charge >= 0.3 is 0 Å². The fourth-order valence-electron chi connectivity index (χ4n) is 2.51. The number of hydrogen-bond acceptors (Lipinski definition) is 2. The lowest BCUT2D eigenvalue weighted by atomic mass is 9.83. The number of phenols is 1. The van der Waals surface area contributed by atoms with Gasteiger partial charge in [0.25, 0.3) is 0 Å². The molecule has 0 spiro atoms. The molecule has 0 atom stereocenters. The summed E-state index contributed by atoms with van der Waals surface area (Å²) in [4.78, 5) is 0. The van der Waals surface area contributed by atoms with Crippen molar-refractivity contribution in [3.8, 4) is 11.5 Å². The zero-order valence-electron chi connectivity index (χ0n) is 9.20. The van der Waals surface area contributed by atoms with E-state index in [-0.39, 0.29) is 0 Å². The highest BCUT2D eigenvalue weighted by molar-refractivity contribution is 5.46. The lowest BCUT2D eigenvalue weighted by Crippen LogP contribution is -2.06. The number of hydrogen-bond donors (Lipinski definition) is 1. The Labute approximate surface area is 90.9 Å². The average Bonchev–Trinajstić information content (AvgIpc) is 2.29. The number of methoxy groups -OCH3 is 1. The Bertz CT molecular complexity index is 327. The van der Waals surface area contributed by atoms with E-state index >= 15 is 0 Å². The van der Waals surface area contributed by atoms with E-state index in [0.717, 1.165) is 11.3 Å². The SMILES string of the molecule is COc1cccc(O)c1C1CCCCC1. The minimum atomic E-state index is 0.390. The molecule has 1 aliphatic carbocycles. The number of benzene rings is 1. The highest BCUT2D eigenvalue weighted by Crippen LogP contribution is 2.41. The molecule has 0 aliphatic heterocycles. The predicted molar refractivity (Wildman–Crippen MR) is 60.5 cm³/mol. The van der Waals surface area contributed by atoms with Crippen molar-refractivity contribution in [3.05, 3.63) is 23.8 Å². The maximum atomic E-state index is 9.89. The van der Waals surface area contributed by atoms with E-state index in [0.29, 0.717) is 11.7 Å². The third-order valence-corrected chi connectivity index (χ3v) is 3.28. The topological polar surface area (TPSA) is 29.5 Å². The summed E-state index contributed by atoms with van der Waals surface area (Å²) in [6.07, 6.45) is 6.21. The molecule has 0 aromatic heterocycles. The number of ether oxygens (including phenoxy) is 1. The average molecular weight is 206 g/mol. The van der Waals surface area contributed by atoms with Crippen molar-refractivity contribution >= 4 is 0 Å². The quantitative estimate of drug-likeness (QED) is 0.803. The lowest BCUT2D eigenvalue weighted by molar-refractivity contribution is 0.371. The van der Waals surface area contributed by atoms with Gasteiger partial charge in [0.2, 0.25) is 0 Å². The van der Waals surface area contributed by atoms with Gasteiger partial charge in [-0.15, -0.1) is 0 Å². The molecule has 2 rings (SSSR count). The summed E-state index contributed by atoms with van der Waals surface area (Å²) in [7, 11) is 1.67. The van der Waals surface area contributed by atoms with E-state index in [1.165, 1.54) is 32.1 Å². The maximum absolute atomic E-state index is 9.89. The largest absolute Gasteiger partial charge is 0.508 e. The zero-order chi connectivity index (χ0) is 10.7. The Kier molecular flexibility index (Phi) is 3.14.